The van der Waals surface area contributed by atoms with E-state index in [1.54, 1.807) is 141 Å². The van der Waals surface area contributed by atoms with Crippen molar-refractivity contribution >= 4 is 84.2 Å². The molecule has 2 fully saturated rings. The molecule has 95 heavy (non-hydrogen) atoms. The van der Waals surface area contributed by atoms with Crippen LogP contribution in [0.4, 0.5) is 8.78 Å². The van der Waals surface area contributed by atoms with E-state index >= 15 is 4.39 Å². The summed E-state index contributed by atoms with van der Waals surface area (Å²) in [5.41, 5.74) is -2.09. The lowest BCUT2D eigenvalue weighted by molar-refractivity contribution is -0.128. The molecule has 4 amide bonds. The van der Waals surface area contributed by atoms with Crippen molar-refractivity contribution < 1.29 is 73.8 Å². The molecular formula is C62H75ClF2N14O14P2. The lowest BCUT2D eigenvalue weighted by Crippen LogP contribution is -2.52. The first-order chi connectivity index (χ1) is 44.6. The van der Waals surface area contributed by atoms with Gasteiger partial charge in [-0.25, -0.2) is 37.2 Å². The molecule has 0 radical (unpaired) electrons. The molecule has 508 valence electrons. The van der Waals surface area contributed by atoms with Gasteiger partial charge in [0.2, 0.25) is 0 Å². The highest BCUT2D eigenvalue weighted by Gasteiger charge is 2.40. The van der Waals surface area contributed by atoms with Gasteiger partial charge >= 0.3 is 15.6 Å². The Labute approximate surface area is 551 Å². The summed E-state index contributed by atoms with van der Waals surface area (Å²) in [6, 6.07) is 17.4. The van der Waals surface area contributed by atoms with Crippen molar-refractivity contribution in [1.82, 2.24) is 69.1 Å². The van der Waals surface area contributed by atoms with Crippen LogP contribution in [0.1, 0.15) is 125 Å². The molecule has 10 rings (SSSR count). The molecule has 28 nitrogen and oxygen atoms in total. The number of nitrogens with one attached hydrogen (secondary N) is 1. The van der Waals surface area contributed by atoms with Crippen molar-refractivity contribution in [2.45, 2.75) is 112 Å². The van der Waals surface area contributed by atoms with Gasteiger partial charge in [0.25, 0.3) is 35.2 Å². The maximum absolute atomic E-state index is 15.6. The van der Waals surface area contributed by atoms with Crippen LogP contribution in [0.3, 0.4) is 0 Å². The lowest BCUT2D eigenvalue weighted by atomic mass is 10.1. The van der Waals surface area contributed by atoms with Gasteiger partial charge in [-0.15, -0.1) is 10.2 Å². The fourth-order valence-corrected chi connectivity index (χ4v) is 13.5. The number of fused-ring (bicyclic) bond motifs is 2. The maximum atomic E-state index is 15.6. The van der Waals surface area contributed by atoms with Gasteiger partial charge in [-0.2, -0.15) is 0 Å². The van der Waals surface area contributed by atoms with E-state index in [-0.39, 0.29) is 102 Å². The number of amides is 4. The lowest BCUT2D eigenvalue weighted by Gasteiger charge is -2.34. The minimum absolute atomic E-state index is 0.0306. The monoisotopic (exact) mass is 1370 g/mol. The number of piperazine rings is 2. The molecule has 0 spiro atoms. The molecule has 2 aliphatic heterocycles. The molecule has 8 aromatic rings. The predicted octanol–water partition coefficient (Wildman–Crippen LogP) is 10.0. The number of nitrogens with zero attached hydrogens (tertiary/aromatic N) is 13. The van der Waals surface area contributed by atoms with E-state index in [0.717, 1.165) is 12.4 Å². The van der Waals surface area contributed by atoms with Crippen molar-refractivity contribution in [2.75, 3.05) is 58.4 Å². The van der Waals surface area contributed by atoms with Crippen molar-refractivity contribution in [1.29, 1.82) is 0 Å². The second-order valence-electron chi connectivity index (χ2n) is 25.5. The zero-order chi connectivity index (χ0) is 69.4. The number of aromatic amines is 1. The number of Topliss-reactive ketones (excluding diaryl/α,β-unsaturated/α-hetero) is 2. The maximum Gasteiger partial charge on any atom is 0.477 e. The summed E-state index contributed by atoms with van der Waals surface area (Å²) < 4.78 is 92.6. The Morgan fingerprint density at radius 1 is 0.537 bits per heavy atom. The van der Waals surface area contributed by atoms with Crippen molar-refractivity contribution in [2.24, 2.45) is 0 Å². The number of phosphoric acid groups is 2. The third-order valence-corrected chi connectivity index (χ3v) is 17.7. The zero-order valence-electron chi connectivity index (χ0n) is 54.5. The number of halogens is 3. The summed E-state index contributed by atoms with van der Waals surface area (Å²) in [4.78, 5) is 95.7. The topological polar surface area (TPSA) is 313 Å². The van der Waals surface area contributed by atoms with E-state index in [4.69, 9.17) is 38.7 Å². The van der Waals surface area contributed by atoms with Crippen LogP contribution < -0.4 is 0 Å². The van der Waals surface area contributed by atoms with Gasteiger partial charge in [-0.05, 0) is 107 Å². The number of rotatable bonds is 17. The Morgan fingerprint density at radius 3 is 1.34 bits per heavy atom. The molecule has 2 aromatic carbocycles. The van der Waals surface area contributed by atoms with Crippen molar-refractivity contribution in [3.05, 3.63) is 144 Å². The van der Waals surface area contributed by atoms with Crippen LogP contribution in [-0.2, 0) is 52.6 Å². The van der Waals surface area contributed by atoms with Gasteiger partial charge in [0.1, 0.15) is 12.8 Å². The molecule has 0 bridgehead atoms. The van der Waals surface area contributed by atoms with Crippen LogP contribution in [0, 0.1) is 11.6 Å². The summed E-state index contributed by atoms with van der Waals surface area (Å²) in [6.07, 6.45) is 10.3. The Kier molecular flexibility index (Phi) is 22.7. The first-order valence-electron chi connectivity index (χ1n) is 29.9. The van der Waals surface area contributed by atoms with E-state index in [2.05, 4.69) is 35.6 Å². The van der Waals surface area contributed by atoms with Gasteiger partial charge in [0.15, 0.2) is 23.3 Å². The fourth-order valence-electron chi connectivity index (χ4n) is 9.76. The number of benzene rings is 2. The van der Waals surface area contributed by atoms with Crippen molar-refractivity contribution in [3.63, 3.8) is 0 Å². The zero-order valence-corrected chi connectivity index (χ0v) is 57.1. The van der Waals surface area contributed by atoms with Crippen LogP contribution in [-0.4, -0.2) is 185 Å². The SMILES string of the molecule is CC(C)(C)OP(=O)(OCCl)OC(C)(C)C.CC(C)(C)OP(=O)(OCn1cc(C(=O)C(=O)N2CCN(C(=O)c3ccccc3)CC2)c2c(F)cnc(-n3ccnn3)c21)OC(C)(C)C.O=C(C(=O)N1CCN(C(=O)c2ccccc2)CC1)c1c[nH]c2c(-n3ccnn3)ncc(F)c12. The summed E-state index contributed by atoms with van der Waals surface area (Å²) in [7, 11) is -7.84. The first-order valence-corrected chi connectivity index (χ1v) is 33.3. The molecular weight excluding hydrogens is 1300 g/mol. The summed E-state index contributed by atoms with van der Waals surface area (Å²) in [6.45, 7) is 21.8. The first kappa shape index (κ1) is 72.5. The standard InChI is InChI=1S/C31H37FN7O7P.C22H18FN7O3.C9H20ClO4P/c1-30(2,3)45-47(43,46-31(4,5)6)44-20-38-19-22(24-23(32)18-33-27(25(24)38)39-13-12-34-35-39)26(40)29(42)37-16-14-36(15-17-37)28(41)21-10-8-7-9-11-21;23-16-13-25-20(30-7-6-26-27-30)18-17(16)15(12-24-18)19(31)22(33)29-10-8-28(9-11-29)21(32)14-4-2-1-3-5-14;1-8(2,3)13-15(11,12-7-10)14-9(4,5)6/h7-13,18-19H,14-17,20H2,1-6H3;1-7,12-13,24H,8-11H2;7H2,1-6H3. The van der Waals surface area contributed by atoms with E-state index in [1.807, 2.05) is 12.1 Å². The number of ketones is 2. The van der Waals surface area contributed by atoms with Gasteiger partial charge < -0.3 is 29.2 Å². The number of carbonyl (C=O) groups excluding carboxylic acids is 6. The summed E-state index contributed by atoms with van der Waals surface area (Å²) in [5.74, 6) is -5.01. The normalized spacial score (nSPS) is 14.3. The van der Waals surface area contributed by atoms with E-state index in [9.17, 15) is 42.3 Å². The number of phosphoric ester groups is 2. The highest BCUT2D eigenvalue weighted by molar-refractivity contribution is 7.48. The molecule has 0 atom stereocenters. The number of aromatic nitrogens is 10. The van der Waals surface area contributed by atoms with E-state index in [1.165, 1.54) is 60.9 Å². The predicted molar refractivity (Wildman–Crippen MR) is 344 cm³/mol. The minimum Gasteiger partial charge on any atom is -0.357 e. The Morgan fingerprint density at radius 2 is 0.926 bits per heavy atom. The summed E-state index contributed by atoms with van der Waals surface area (Å²) >= 11 is 5.39. The second-order valence-corrected chi connectivity index (χ2v) is 28.8. The molecule has 1 N–H and O–H groups in total. The molecule has 6 aromatic heterocycles. The Hall–Kier alpha value is -8.31. The van der Waals surface area contributed by atoms with Gasteiger partial charge in [-0.1, -0.05) is 58.4 Å². The number of carbonyl (C=O) groups is 6. The largest absolute Gasteiger partial charge is 0.477 e. The summed E-state index contributed by atoms with van der Waals surface area (Å²) in [5, 5.41) is 15.0. The fraction of sp³-hybridized carbons (Fsp3) is 0.419. The average Bonchev–Trinajstić information content (AvgIpc) is 1.62. The van der Waals surface area contributed by atoms with Gasteiger partial charge in [0, 0.05) is 75.9 Å². The number of hydrogen-bond donors (Lipinski definition) is 1. The van der Waals surface area contributed by atoms with Crippen LogP contribution in [0.25, 0.3) is 33.4 Å². The van der Waals surface area contributed by atoms with Gasteiger partial charge in [0.05, 0.1) is 92.5 Å². The minimum atomic E-state index is -4.25. The van der Waals surface area contributed by atoms with Gasteiger partial charge in [-0.3, -0.25) is 55.9 Å². The molecule has 0 unspecified atom stereocenters. The third kappa shape index (κ3) is 18.8. The van der Waals surface area contributed by atoms with Crippen LogP contribution in [0.5, 0.6) is 0 Å². The quantitative estimate of drug-likeness (QED) is 0.0383. The molecule has 33 heteroatoms. The number of pyridine rings is 2. The number of H-pyrrole nitrogens is 1. The molecule has 2 saturated heterocycles. The average molecular weight is 1380 g/mol. The Balaban J connectivity index is 0.000000208. The highest BCUT2D eigenvalue weighted by Crippen LogP contribution is 2.57. The highest BCUT2D eigenvalue weighted by atomic mass is 35.5. The third-order valence-electron chi connectivity index (χ3n) is 13.5. The molecule has 0 saturated carbocycles. The number of alkyl halides is 1. The molecule has 0 aliphatic carbocycles. The second kappa shape index (κ2) is 29.8. The number of hydrogen-bond acceptors (Lipinski definition) is 20. The van der Waals surface area contributed by atoms with Crippen LogP contribution in [0.2, 0.25) is 0 Å². The van der Waals surface area contributed by atoms with Crippen molar-refractivity contribution in [3.8, 4) is 11.6 Å². The Bertz CT molecular complexity index is 4100. The van der Waals surface area contributed by atoms with E-state index < -0.39 is 79.8 Å². The van der Waals surface area contributed by atoms with E-state index in [0.29, 0.717) is 24.2 Å². The molecule has 8 heterocycles. The van der Waals surface area contributed by atoms with Crippen LogP contribution >= 0.6 is 27.2 Å². The smallest absolute Gasteiger partial charge is 0.357 e. The molecule has 2 aliphatic rings. The van der Waals surface area contributed by atoms with Crippen LogP contribution in [0.15, 0.2) is 110 Å².